The number of halogens is 1. The Kier molecular flexibility index (Phi) is 10.0. The van der Waals surface area contributed by atoms with Crippen LogP contribution >= 0.6 is 11.6 Å². The van der Waals surface area contributed by atoms with E-state index in [0.29, 0.717) is 17.4 Å². The van der Waals surface area contributed by atoms with Gasteiger partial charge in [0, 0.05) is 42.4 Å². The summed E-state index contributed by atoms with van der Waals surface area (Å²) < 4.78 is 6.09. The molecule has 9 heteroatoms. The Morgan fingerprint density at radius 3 is 2.45 bits per heavy atom. The third-order valence-electron chi connectivity index (χ3n) is 5.62. The van der Waals surface area contributed by atoms with Crippen LogP contribution in [0.3, 0.4) is 0 Å². The molecule has 1 aliphatic heterocycles. The van der Waals surface area contributed by atoms with Gasteiger partial charge in [-0.2, -0.15) is 0 Å². The Morgan fingerprint density at radius 1 is 1.11 bits per heavy atom. The molecule has 0 unspecified atom stereocenters. The van der Waals surface area contributed by atoms with Gasteiger partial charge in [0.2, 0.25) is 5.91 Å². The molecule has 38 heavy (non-hydrogen) atoms. The van der Waals surface area contributed by atoms with Crippen LogP contribution < -0.4 is 20.3 Å². The van der Waals surface area contributed by atoms with Gasteiger partial charge >= 0.3 is 0 Å². The number of amidine groups is 2. The summed E-state index contributed by atoms with van der Waals surface area (Å²) in [5.74, 6) is 1.25. The summed E-state index contributed by atoms with van der Waals surface area (Å²) in [4.78, 5) is 16.3. The third kappa shape index (κ3) is 7.43. The highest BCUT2D eigenvalue weighted by Crippen LogP contribution is 2.31. The van der Waals surface area contributed by atoms with Crippen molar-refractivity contribution in [3.8, 4) is 5.75 Å². The number of amides is 1. The maximum atomic E-state index is 9.93. The van der Waals surface area contributed by atoms with Gasteiger partial charge in [0.15, 0.2) is 0 Å². The first-order chi connectivity index (χ1) is 18.2. The van der Waals surface area contributed by atoms with Gasteiger partial charge in [-0.05, 0) is 61.9 Å². The number of anilines is 2. The number of carbonyl (C=O) groups excluding carboxylic acids is 1. The summed E-state index contributed by atoms with van der Waals surface area (Å²) in [6.45, 7) is 6.39. The number of nitrogens with one attached hydrogen (secondary N) is 4. The largest absolute Gasteiger partial charge is 0.489 e. The first kappa shape index (κ1) is 28.4. The fourth-order valence-electron chi connectivity index (χ4n) is 3.91. The van der Waals surface area contributed by atoms with Crippen molar-refractivity contribution in [3.63, 3.8) is 0 Å². The molecule has 4 N–H and O–H groups in total. The van der Waals surface area contributed by atoms with E-state index in [1.807, 2.05) is 80.7 Å². The van der Waals surface area contributed by atoms with E-state index in [1.54, 1.807) is 11.8 Å². The first-order valence-corrected chi connectivity index (χ1v) is 12.6. The maximum Gasteiger partial charge on any atom is 0.216 e. The molecule has 0 saturated carbocycles. The number of nitrogens with zero attached hydrogens (tertiary/aromatic N) is 2. The van der Waals surface area contributed by atoms with E-state index in [-0.39, 0.29) is 24.1 Å². The fraction of sp³-hybridized carbons (Fsp3) is 0.241. The molecule has 1 heterocycles. The molecule has 198 valence electrons. The predicted molar refractivity (Wildman–Crippen MR) is 157 cm³/mol. The SMILES string of the molecule is CCNC(C)=O.CNc1cccc(COc2ccc3c(c2)C(c2ccc(Cl)cc2)=NCC(=N)N3C(C)=N)c1. The molecule has 0 radical (unpaired) electrons. The second kappa shape index (κ2) is 13.4. The topological polar surface area (TPSA) is 114 Å². The lowest BCUT2D eigenvalue weighted by molar-refractivity contribution is -0.118. The second-order valence-electron chi connectivity index (χ2n) is 8.54. The molecule has 8 nitrogen and oxygen atoms in total. The maximum absolute atomic E-state index is 9.93. The number of ether oxygens (including phenoxy) is 1. The number of hydrogen-bond donors (Lipinski definition) is 4. The normalized spacial score (nSPS) is 12.3. The van der Waals surface area contributed by atoms with Crippen molar-refractivity contribution < 1.29 is 9.53 Å². The Balaban J connectivity index is 0.000000599. The second-order valence-corrected chi connectivity index (χ2v) is 8.98. The molecule has 3 aromatic carbocycles. The summed E-state index contributed by atoms with van der Waals surface area (Å²) in [6, 6.07) is 21.2. The number of carbonyl (C=O) groups is 1. The number of hydrogen-bond acceptors (Lipinski definition) is 6. The Morgan fingerprint density at radius 2 is 1.84 bits per heavy atom. The molecule has 0 fully saturated rings. The monoisotopic (exact) mass is 532 g/mol. The van der Waals surface area contributed by atoms with Gasteiger partial charge in [-0.3, -0.25) is 25.5 Å². The molecule has 0 atom stereocenters. The van der Waals surface area contributed by atoms with Gasteiger partial charge in [0.1, 0.15) is 24.0 Å². The van der Waals surface area contributed by atoms with Crippen molar-refractivity contribution >= 4 is 46.3 Å². The minimum absolute atomic E-state index is 0.0394. The summed E-state index contributed by atoms with van der Waals surface area (Å²) in [6.07, 6.45) is 0. The van der Waals surface area contributed by atoms with Crippen molar-refractivity contribution in [2.75, 3.05) is 30.4 Å². The van der Waals surface area contributed by atoms with E-state index >= 15 is 0 Å². The fourth-order valence-corrected chi connectivity index (χ4v) is 4.04. The van der Waals surface area contributed by atoms with Crippen molar-refractivity contribution in [2.45, 2.75) is 27.4 Å². The molecular weight excluding hydrogens is 500 g/mol. The van der Waals surface area contributed by atoms with E-state index in [0.717, 1.165) is 40.3 Å². The van der Waals surface area contributed by atoms with Gasteiger partial charge in [0.05, 0.1) is 17.9 Å². The molecule has 1 amide bonds. The molecule has 0 saturated heterocycles. The minimum Gasteiger partial charge on any atom is -0.489 e. The molecule has 3 aromatic rings. The predicted octanol–water partition coefficient (Wildman–Crippen LogP) is 5.73. The van der Waals surface area contributed by atoms with Crippen molar-refractivity contribution in [3.05, 3.63) is 88.4 Å². The number of rotatable bonds is 6. The average Bonchev–Trinajstić information content (AvgIpc) is 3.04. The summed E-state index contributed by atoms with van der Waals surface area (Å²) in [5, 5.41) is 23.0. The van der Waals surface area contributed by atoms with Gasteiger partial charge in [0.25, 0.3) is 0 Å². The lowest BCUT2D eigenvalue weighted by Gasteiger charge is -2.24. The first-order valence-electron chi connectivity index (χ1n) is 12.2. The standard InChI is InChI=1S/C25H24ClN5O.C4H9NO/c1-16(27)31-23-11-10-21(32-15-17-4-3-5-20(12-17)29-2)13-22(23)25(30-14-24(31)28)18-6-8-19(26)9-7-18;1-3-5-4(2)6/h3-13,27-29H,14-15H2,1-2H3;3H2,1-2H3,(H,5,6). The van der Waals surface area contributed by atoms with Crippen molar-refractivity contribution in [1.29, 1.82) is 10.8 Å². The highest BCUT2D eigenvalue weighted by molar-refractivity contribution is 6.31. The van der Waals surface area contributed by atoms with Crippen LogP contribution in [-0.4, -0.2) is 43.4 Å². The summed E-state index contributed by atoms with van der Waals surface area (Å²) >= 11 is 6.08. The summed E-state index contributed by atoms with van der Waals surface area (Å²) in [5.41, 5.74) is 5.26. The minimum atomic E-state index is 0.0394. The van der Waals surface area contributed by atoms with E-state index in [2.05, 4.69) is 10.6 Å². The van der Waals surface area contributed by atoms with E-state index in [9.17, 15) is 4.79 Å². The van der Waals surface area contributed by atoms with E-state index in [4.69, 9.17) is 32.1 Å². The number of aliphatic imine (C=N–C) groups is 1. The van der Waals surface area contributed by atoms with Gasteiger partial charge in [-0.1, -0.05) is 35.9 Å². The lowest BCUT2D eigenvalue weighted by Crippen LogP contribution is -2.35. The third-order valence-corrected chi connectivity index (χ3v) is 5.87. The van der Waals surface area contributed by atoms with Crippen LogP contribution in [0.15, 0.2) is 71.7 Å². The molecule has 0 spiro atoms. The molecule has 0 aromatic heterocycles. The Bertz CT molecular complexity index is 1340. The average molecular weight is 533 g/mol. The number of benzodiazepines with no additional fused rings is 1. The molecule has 1 aliphatic rings. The molecular formula is C29H33ClN6O2. The highest BCUT2D eigenvalue weighted by atomic mass is 35.5. The van der Waals surface area contributed by atoms with Crippen LogP contribution in [-0.2, 0) is 11.4 Å². The zero-order chi connectivity index (χ0) is 27.7. The van der Waals surface area contributed by atoms with E-state index in [1.165, 1.54) is 6.92 Å². The van der Waals surface area contributed by atoms with E-state index < -0.39 is 0 Å². The Hall–Kier alpha value is -4.17. The van der Waals surface area contributed by atoms with Crippen LogP contribution in [0.5, 0.6) is 5.75 Å². The van der Waals surface area contributed by atoms with Gasteiger partial charge in [-0.15, -0.1) is 0 Å². The van der Waals surface area contributed by atoms with Crippen LogP contribution in [0.2, 0.25) is 5.02 Å². The quantitative estimate of drug-likeness (QED) is 0.239. The number of fused-ring (bicyclic) bond motifs is 1. The van der Waals surface area contributed by atoms with Crippen LogP contribution in [0, 0.1) is 10.8 Å². The zero-order valence-electron chi connectivity index (χ0n) is 22.1. The Labute approximate surface area is 228 Å². The van der Waals surface area contributed by atoms with Gasteiger partial charge < -0.3 is 15.4 Å². The van der Waals surface area contributed by atoms with Gasteiger partial charge in [-0.25, -0.2) is 0 Å². The van der Waals surface area contributed by atoms with Crippen molar-refractivity contribution in [2.24, 2.45) is 4.99 Å². The van der Waals surface area contributed by atoms with Crippen LogP contribution in [0.25, 0.3) is 0 Å². The highest BCUT2D eigenvalue weighted by Gasteiger charge is 2.25. The van der Waals surface area contributed by atoms with Crippen LogP contribution in [0.4, 0.5) is 11.4 Å². The number of benzene rings is 3. The summed E-state index contributed by atoms with van der Waals surface area (Å²) in [7, 11) is 1.89. The van der Waals surface area contributed by atoms with Crippen molar-refractivity contribution in [1.82, 2.24) is 5.32 Å². The molecule has 0 bridgehead atoms. The molecule has 4 rings (SSSR count). The van der Waals surface area contributed by atoms with Crippen LogP contribution in [0.1, 0.15) is 37.5 Å². The smallest absolute Gasteiger partial charge is 0.216 e. The zero-order valence-corrected chi connectivity index (χ0v) is 22.8. The lowest BCUT2D eigenvalue weighted by atomic mass is 9.99. The molecule has 0 aliphatic carbocycles.